The van der Waals surface area contributed by atoms with Crippen molar-refractivity contribution >= 4 is 16.9 Å². The number of carbonyl (C=O) groups is 1. The topological polar surface area (TPSA) is 54.0 Å². The Morgan fingerprint density at radius 1 is 1.06 bits per heavy atom. The van der Waals surface area contributed by atoms with Crippen LogP contribution in [0.4, 0.5) is 0 Å². The molecule has 2 saturated heterocycles. The highest BCUT2D eigenvalue weighted by molar-refractivity contribution is 8.13. The summed E-state index contributed by atoms with van der Waals surface area (Å²) in [5, 5.41) is 0.215. The van der Waals surface area contributed by atoms with Crippen LogP contribution in [-0.2, 0) is 23.7 Å². The van der Waals surface area contributed by atoms with E-state index in [4.69, 9.17) is 18.9 Å². The number of hydrogen-bond acceptors (Lipinski definition) is 6. The second-order valence-corrected chi connectivity index (χ2v) is 12.2. The summed E-state index contributed by atoms with van der Waals surface area (Å²) in [4.78, 5) is 11.7. The smallest absolute Gasteiger partial charge is 0.185 e. The van der Waals surface area contributed by atoms with Gasteiger partial charge in [0.15, 0.2) is 16.7 Å². The molecule has 4 atom stereocenters. The minimum Gasteiger partial charge on any atom is -0.347 e. The number of allylic oxidation sites excluding steroid dienone is 3. The summed E-state index contributed by atoms with van der Waals surface area (Å²) < 4.78 is 24.9. The van der Waals surface area contributed by atoms with E-state index in [2.05, 4.69) is 19.1 Å². The molecule has 2 spiro atoms. The summed E-state index contributed by atoms with van der Waals surface area (Å²) in [6.45, 7) is 6.95. The van der Waals surface area contributed by atoms with Gasteiger partial charge in [-0.1, -0.05) is 42.0 Å². The maximum absolute atomic E-state index is 11.7. The van der Waals surface area contributed by atoms with Crippen LogP contribution in [0.1, 0.15) is 65.2 Å². The third-order valence-corrected chi connectivity index (χ3v) is 10.5. The molecule has 4 aliphatic carbocycles. The van der Waals surface area contributed by atoms with E-state index >= 15 is 0 Å². The second-order valence-electron chi connectivity index (χ2n) is 10.9. The van der Waals surface area contributed by atoms with E-state index in [0.717, 1.165) is 63.9 Å². The number of thioether (sulfide) groups is 1. The highest BCUT2D eigenvalue weighted by Crippen LogP contribution is 2.68. The van der Waals surface area contributed by atoms with Crippen LogP contribution in [-0.4, -0.2) is 48.9 Å². The van der Waals surface area contributed by atoms with E-state index in [1.165, 1.54) is 23.8 Å². The quantitative estimate of drug-likeness (QED) is 0.552. The van der Waals surface area contributed by atoms with Crippen LogP contribution in [0.15, 0.2) is 23.3 Å². The molecule has 2 saturated carbocycles. The first kappa shape index (κ1) is 21.8. The monoisotopic (exact) mass is 460 g/mol. The first-order valence-corrected chi connectivity index (χ1v) is 13.5. The molecule has 32 heavy (non-hydrogen) atoms. The molecule has 4 fully saturated rings. The van der Waals surface area contributed by atoms with E-state index < -0.39 is 5.79 Å². The molecular formula is C26H36O5S. The Morgan fingerprint density at radius 3 is 2.56 bits per heavy atom. The molecule has 0 aromatic heterocycles. The van der Waals surface area contributed by atoms with Crippen molar-refractivity contribution in [1.29, 1.82) is 0 Å². The Labute approximate surface area is 195 Å². The summed E-state index contributed by atoms with van der Waals surface area (Å²) in [5.74, 6) is 1.22. The van der Waals surface area contributed by atoms with Gasteiger partial charge >= 0.3 is 0 Å². The Morgan fingerprint density at radius 2 is 1.81 bits per heavy atom. The zero-order valence-corrected chi connectivity index (χ0v) is 20.3. The average molecular weight is 461 g/mol. The summed E-state index contributed by atoms with van der Waals surface area (Å²) >= 11 is 1.48. The SMILES string of the molecule is CC(=O)SCC[C@]12CCC3(CC1=CC[C@@H]1C2=CC[C@@]2(C)[C@H]1CCC21OCCO1)OCCO3. The third-order valence-electron chi connectivity index (χ3n) is 9.68. The van der Waals surface area contributed by atoms with Gasteiger partial charge in [-0.05, 0) is 43.9 Å². The van der Waals surface area contributed by atoms with Gasteiger partial charge in [0.05, 0.1) is 26.4 Å². The van der Waals surface area contributed by atoms with E-state index in [-0.39, 0.29) is 21.7 Å². The Bertz CT molecular complexity index is 852. The maximum Gasteiger partial charge on any atom is 0.185 e. The first-order chi connectivity index (χ1) is 15.4. The molecule has 6 heteroatoms. The molecule has 2 heterocycles. The van der Waals surface area contributed by atoms with Gasteiger partial charge in [-0.3, -0.25) is 4.79 Å². The highest BCUT2D eigenvalue weighted by atomic mass is 32.2. The summed E-state index contributed by atoms with van der Waals surface area (Å²) in [6.07, 6.45) is 13.3. The number of carbonyl (C=O) groups excluding carboxylic acids is 1. The molecule has 0 bridgehead atoms. The van der Waals surface area contributed by atoms with E-state index in [9.17, 15) is 4.79 Å². The van der Waals surface area contributed by atoms with E-state index in [1.54, 1.807) is 12.5 Å². The van der Waals surface area contributed by atoms with Crippen LogP contribution >= 0.6 is 11.8 Å². The van der Waals surface area contributed by atoms with Crippen LogP contribution in [0.25, 0.3) is 0 Å². The van der Waals surface area contributed by atoms with Crippen molar-refractivity contribution in [2.75, 3.05) is 32.2 Å². The lowest BCUT2D eigenvalue weighted by molar-refractivity contribution is -0.228. The van der Waals surface area contributed by atoms with Crippen molar-refractivity contribution in [2.24, 2.45) is 22.7 Å². The first-order valence-electron chi connectivity index (χ1n) is 12.5. The van der Waals surface area contributed by atoms with Crippen LogP contribution in [0.2, 0.25) is 0 Å². The van der Waals surface area contributed by atoms with Gasteiger partial charge in [0.1, 0.15) is 0 Å². The number of fused-ring (bicyclic) bond motifs is 6. The number of hydrogen-bond donors (Lipinski definition) is 0. The van der Waals surface area contributed by atoms with Crippen LogP contribution in [0, 0.1) is 22.7 Å². The molecular weight excluding hydrogens is 424 g/mol. The van der Waals surface area contributed by atoms with Crippen LogP contribution in [0.5, 0.6) is 0 Å². The molecule has 0 aromatic rings. The summed E-state index contributed by atoms with van der Waals surface area (Å²) in [5.41, 5.74) is 3.25. The number of ether oxygens (including phenoxy) is 4. The summed E-state index contributed by atoms with van der Waals surface area (Å²) in [7, 11) is 0. The molecule has 0 amide bonds. The minimum atomic E-state index is -0.414. The summed E-state index contributed by atoms with van der Waals surface area (Å²) in [6, 6.07) is 0. The fourth-order valence-corrected chi connectivity index (χ4v) is 8.90. The average Bonchev–Trinajstić information content (AvgIpc) is 3.50. The molecule has 5 nitrogen and oxygen atoms in total. The fourth-order valence-electron chi connectivity index (χ4n) is 8.17. The van der Waals surface area contributed by atoms with Gasteiger partial charge in [0.2, 0.25) is 0 Å². The predicted octanol–water partition coefficient (Wildman–Crippen LogP) is 5.01. The number of rotatable bonds is 3. The normalized spacial score (nSPS) is 41.2. The highest BCUT2D eigenvalue weighted by Gasteiger charge is 2.65. The van der Waals surface area contributed by atoms with Gasteiger partial charge in [-0.15, -0.1) is 0 Å². The van der Waals surface area contributed by atoms with Crippen LogP contribution < -0.4 is 0 Å². The van der Waals surface area contributed by atoms with Crippen LogP contribution in [0.3, 0.4) is 0 Å². The third kappa shape index (κ3) is 3.02. The van der Waals surface area contributed by atoms with Crippen molar-refractivity contribution in [1.82, 2.24) is 0 Å². The molecule has 0 aromatic carbocycles. The Hall–Kier alpha value is -0.660. The van der Waals surface area contributed by atoms with Crippen molar-refractivity contribution in [3.63, 3.8) is 0 Å². The lowest BCUT2D eigenvalue weighted by atomic mass is 9.50. The largest absolute Gasteiger partial charge is 0.347 e. The zero-order valence-electron chi connectivity index (χ0n) is 19.5. The minimum absolute atomic E-state index is 0.0475. The van der Waals surface area contributed by atoms with Gasteiger partial charge in [0, 0.05) is 42.8 Å². The second kappa shape index (κ2) is 7.67. The standard InChI is InChI=1S/C26H36O5S/c1-18(27)32-16-11-24-9-10-25(28-12-13-29-25)17-19(24)3-4-20-21-6-8-26(30-14-15-31-26)23(21,2)7-5-22(20)24/h3,5,20-21H,4,6-17H2,1-2H3/t20-,21-,23-,24+/m0/s1. The molecule has 2 aliphatic heterocycles. The van der Waals surface area contributed by atoms with Gasteiger partial charge < -0.3 is 18.9 Å². The molecule has 0 N–H and O–H groups in total. The van der Waals surface area contributed by atoms with Crippen molar-refractivity contribution in [2.45, 2.75) is 76.8 Å². The van der Waals surface area contributed by atoms with Crippen molar-refractivity contribution in [3.05, 3.63) is 23.3 Å². The lowest BCUT2D eigenvalue weighted by Gasteiger charge is -2.56. The molecule has 0 unspecified atom stereocenters. The van der Waals surface area contributed by atoms with Gasteiger partial charge in [0.25, 0.3) is 0 Å². The lowest BCUT2D eigenvalue weighted by Crippen LogP contribution is -2.52. The van der Waals surface area contributed by atoms with E-state index in [0.29, 0.717) is 25.0 Å². The Balaban J connectivity index is 1.35. The predicted molar refractivity (Wildman–Crippen MR) is 123 cm³/mol. The van der Waals surface area contributed by atoms with Crippen molar-refractivity contribution in [3.8, 4) is 0 Å². The molecule has 6 aliphatic rings. The molecule has 0 radical (unpaired) electrons. The molecule has 176 valence electrons. The van der Waals surface area contributed by atoms with Gasteiger partial charge in [-0.2, -0.15) is 0 Å². The van der Waals surface area contributed by atoms with Crippen molar-refractivity contribution < 1.29 is 23.7 Å². The zero-order chi connectivity index (χ0) is 22.0. The van der Waals surface area contributed by atoms with E-state index in [1.807, 2.05) is 0 Å². The Kier molecular flexibility index (Phi) is 5.24. The maximum atomic E-state index is 11.7. The molecule has 6 rings (SSSR count). The van der Waals surface area contributed by atoms with Gasteiger partial charge in [-0.25, -0.2) is 0 Å². The fraction of sp³-hybridized carbons (Fsp3) is 0.808.